The molecule has 146 valence electrons. The average Bonchev–Trinajstić information content (AvgIpc) is 3.08. The molecule has 1 N–H and O–H groups in total. The maximum atomic E-state index is 13.1. The molecule has 4 rings (SSSR count). The molecule has 0 radical (unpaired) electrons. The third-order valence-electron chi connectivity index (χ3n) is 5.26. The lowest BCUT2D eigenvalue weighted by Gasteiger charge is -2.23. The fourth-order valence-corrected chi connectivity index (χ4v) is 5.28. The van der Waals surface area contributed by atoms with Crippen molar-refractivity contribution < 1.29 is 13.3 Å². The molecule has 0 saturated carbocycles. The van der Waals surface area contributed by atoms with E-state index in [0.717, 1.165) is 27.5 Å². The minimum absolute atomic E-state index is 0.136. The first-order valence-electron chi connectivity index (χ1n) is 9.32. The lowest BCUT2D eigenvalue weighted by atomic mass is 10.0. The Hall–Kier alpha value is -2.25. The van der Waals surface area contributed by atoms with Gasteiger partial charge in [-0.2, -0.15) is 5.06 Å². The van der Waals surface area contributed by atoms with Crippen LogP contribution in [0.4, 0.5) is 0 Å². The zero-order valence-electron chi connectivity index (χ0n) is 16.0. The van der Waals surface area contributed by atoms with Gasteiger partial charge in [0.15, 0.2) is 0 Å². The van der Waals surface area contributed by atoms with Gasteiger partial charge in [0, 0.05) is 13.6 Å². The number of nitrogens with zero attached hydrogens (tertiary/aromatic N) is 1. The minimum Gasteiger partial charge on any atom is -0.297 e. The molecule has 2 atom stereocenters. The predicted molar refractivity (Wildman–Crippen MR) is 111 cm³/mol. The summed E-state index contributed by atoms with van der Waals surface area (Å²) in [5.74, 6) is 0. The quantitative estimate of drug-likeness (QED) is 0.717. The van der Waals surface area contributed by atoms with E-state index in [4.69, 9.17) is 4.84 Å². The van der Waals surface area contributed by atoms with Crippen molar-refractivity contribution in [3.05, 3.63) is 83.4 Å². The molecule has 1 saturated heterocycles. The lowest BCUT2D eigenvalue weighted by molar-refractivity contribution is -0.110. The molecule has 28 heavy (non-hydrogen) atoms. The molecular weight excluding hydrogens is 372 g/mol. The number of rotatable bonds is 5. The second kappa shape index (κ2) is 7.64. The SMILES string of the molecule is Cc1cccc(CNS(=O)(=O)C2CON(C)C2c2ccc3ccccc3c2)c1. The summed E-state index contributed by atoms with van der Waals surface area (Å²) < 4.78 is 28.9. The second-order valence-electron chi connectivity index (χ2n) is 7.29. The Morgan fingerprint density at radius 1 is 1.04 bits per heavy atom. The summed E-state index contributed by atoms with van der Waals surface area (Å²) in [4.78, 5) is 5.62. The normalized spacial score (nSPS) is 20.6. The van der Waals surface area contributed by atoms with Crippen molar-refractivity contribution in [2.75, 3.05) is 13.7 Å². The highest BCUT2D eigenvalue weighted by atomic mass is 32.2. The minimum atomic E-state index is -3.57. The standard InChI is InChI=1S/C22H24N2O3S/c1-16-6-5-7-17(12-16)14-23-28(25,26)21-15-27-24(2)22(21)20-11-10-18-8-3-4-9-19(18)13-20/h3-13,21-23H,14-15H2,1-2H3. The summed E-state index contributed by atoms with van der Waals surface area (Å²) in [6, 6.07) is 21.6. The molecule has 1 fully saturated rings. The number of aryl methyl sites for hydroxylation is 1. The van der Waals surface area contributed by atoms with E-state index in [0.29, 0.717) is 0 Å². The first-order valence-corrected chi connectivity index (χ1v) is 10.9. The second-order valence-corrected chi connectivity index (χ2v) is 9.27. The van der Waals surface area contributed by atoms with Gasteiger partial charge in [0.2, 0.25) is 10.0 Å². The average molecular weight is 397 g/mol. The molecule has 2 unspecified atom stereocenters. The maximum Gasteiger partial charge on any atom is 0.219 e. The van der Waals surface area contributed by atoms with E-state index in [-0.39, 0.29) is 19.2 Å². The maximum absolute atomic E-state index is 13.1. The van der Waals surface area contributed by atoms with Crippen LogP contribution in [0.2, 0.25) is 0 Å². The zero-order valence-corrected chi connectivity index (χ0v) is 16.8. The van der Waals surface area contributed by atoms with Gasteiger partial charge < -0.3 is 0 Å². The van der Waals surface area contributed by atoms with Crippen LogP contribution in [0.25, 0.3) is 10.8 Å². The van der Waals surface area contributed by atoms with Crippen LogP contribution < -0.4 is 4.72 Å². The van der Waals surface area contributed by atoms with Crippen LogP contribution in [0.1, 0.15) is 22.7 Å². The van der Waals surface area contributed by atoms with E-state index in [2.05, 4.69) is 4.72 Å². The van der Waals surface area contributed by atoms with Gasteiger partial charge in [0.1, 0.15) is 5.25 Å². The summed E-state index contributed by atoms with van der Waals surface area (Å²) >= 11 is 0. The summed E-state index contributed by atoms with van der Waals surface area (Å²) in [5.41, 5.74) is 2.98. The molecule has 0 spiro atoms. The van der Waals surface area contributed by atoms with Gasteiger partial charge in [-0.3, -0.25) is 4.84 Å². The largest absolute Gasteiger partial charge is 0.297 e. The number of hydrogen-bond donors (Lipinski definition) is 1. The van der Waals surface area contributed by atoms with E-state index >= 15 is 0 Å². The number of sulfonamides is 1. The van der Waals surface area contributed by atoms with Crippen LogP contribution >= 0.6 is 0 Å². The zero-order chi connectivity index (χ0) is 19.7. The summed E-state index contributed by atoms with van der Waals surface area (Å²) in [6.45, 7) is 2.40. The van der Waals surface area contributed by atoms with Gasteiger partial charge in [-0.25, -0.2) is 13.1 Å². The topological polar surface area (TPSA) is 58.6 Å². The lowest BCUT2D eigenvalue weighted by Crippen LogP contribution is -2.39. The fourth-order valence-electron chi connectivity index (χ4n) is 3.79. The predicted octanol–water partition coefficient (Wildman–Crippen LogP) is 3.55. The molecule has 6 heteroatoms. The van der Waals surface area contributed by atoms with Crippen LogP contribution in [0, 0.1) is 6.92 Å². The van der Waals surface area contributed by atoms with Crippen LogP contribution in [-0.2, 0) is 21.4 Å². The highest BCUT2D eigenvalue weighted by Gasteiger charge is 2.43. The van der Waals surface area contributed by atoms with E-state index in [1.54, 1.807) is 12.1 Å². The molecule has 0 aliphatic carbocycles. The van der Waals surface area contributed by atoms with E-state index < -0.39 is 15.3 Å². The van der Waals surface area contributed by atoms with Crippen molar-refractivity contribution in [1.29, 1.82) is 0 Å². The third kappa shape index (κ3) is 3.82. The molecule has 3 aromatic carbocycles. The number of benzene rings is 3. The van der Waals surface area contributed by atoms with Gasteiger partial charge in [-0.15, -0.1) is 0 Å². The molecular formula is C22H24N2O3S. The van der Waals surface area contributed by atoms with Crippen LogP contribution in [0.5, 0.6) is 0 Å². The van der Waals surface area contributed by atoms with E-state index in [9.17, 15) is 8.42 Å². The van der Waals surface area contributed by atoms with Gasteiger partial charge in [-0.05, 0) is 34.9 Å². The first kappa shape index (κ1) is 19.1. The summed E-state index contributed by atoms with van der Waals surface area (Å²) in [6.07, 6.45) is 0. The number of hydrogen-bond acceptors (Lipinski definition) is 4. The van der Waals surface area contributed by atoms with Crippen LogP contribution in [0.15, 0.2) is 66.7 Å². The highest BCUT2D eigenvalue weighted by molar-refractivity contribution is 7.90. The van der Waals surface area contributed by atoms with Crippen molar-refractivity contribution in [3.63, 3.8) is 0 Å². The Labute approximate surface area is 165 Å². The van der Waals surface area contributed by atoms with Crippen LogP contribution in [-0.4, -0.2) is 32.4 Å². The highest BCUT2D eigenvalue weighted by Crippen LogP contribution is 2.34. The van der Waals surface area contributed by atoms with Crippen LogP contribution in [0.3, 0.4) is 0 Å². The van der Waals surface area contributed by atoms with Crippen molar-refractivity contribution in [1.82, 2.24) is 9.79 Å². The number of nitrogens with one attached hydrogen (secondary N) is 1. The van der Waals surface area contributed by atoms with Crippen molar-refractivity contribution in [2.45, 2.75) is 24.8 Å². The fraction of sp³-hybridized carbons (Fsp3) is 0.273. The molecule has 1 aliphatic rings. The molecule has 1 heterocycles. The summed E-state index contributed by atoms with van der Waals surface area (Å²) in [7, 11) is -1.78. The Balaban J connectivity index is 1.59. The van der Waals surface area contributed by atoms with Crippen molar-refractivity contribution >= 4 is 20.8 Å². The Kier molecular flexibility index (Phi) is 5.21. The van der Waals surface area contributed by atoms with E-state index in [1.807, 2.05) is 73.7 Å². The third-order valence-corrected chi connectivity index (χ3v) is 7.00. The number of hydroxylamine groups is 2. The molecule has 5 nitrogen and oxygen atoms in total. The monoisotopic (exact) mass is 396 g/mol. The molecule has 1 aliphatic heterocycles. The van der Waals surface area contributed by atoms with Gasteiger partial charge in [-0.1, -0.05) is 66.2 Å². The van der Waals surface area contributed by atoms with E-state index in [1.165, 1.54) is 0 Å². The Morgan fingerprint density at radius 2 is 1.82 bits per heavy atom. The van der Waals surface area contributed by atoms with Crippen molar-refractivity contribution in [2.24, 2.45) is 0 Å². The van der Waals surface area contributed by atoms with Gasteiger partial charge in [0.05, 0.1) is 12.6 Å². The summed E-state index contributed by atoms with van der Waals surface area (Å²) in [5, 5.41) is 3.19. The van der Waals surface area contributed by atoms with Crippen molar-refractivity contribution in [3.8, 4) is 0 Å². The van der Waals surface area contributed by atoms with Gasteiger partial charge >= 0.3 is 0 Å². The molecule has 0 aromatic heterocycles. The first-order chi connectivity index (χ1) is 13.4. The Bertz CT molecular complexity index is 1100. The Morgan fingerprint density at radius 3 is 2.61 bits per heavy atom. The molecule has 3 aromatic rings. The van der Waals surface area contributed by atoms with Gasteiger partial charge in [0.25, 0.3) is 0 Å². The number of fused-ring (bicyclic) bond motifs is 1. The smallest absolute Gasteiger partial charge is 0.219 e. The molecule has 0 bridgehead atoms. The molecule has 0 amide bonds.